The number of rotatable bonds is 6. The number of piperidine rings is 2. The number of amides is 1. The second kappa shape index (κ2) is 8.31. The largest absolute Gasteiger partial charge is 0.444 e. The zero-order valence-electron chi connectivity index (χ0n) is 16.8. The van der Waals surface area contributed by atoms with Gasteiger partial charge in [0, 0.05) is 25.0 Å². The molecule has 3 fully saturated rings. The molecule has 0 aliphatic carbocycles. The van der Waals surface area contributed by atoms with Gasteiger partial charge in [-0.1, -0.05) is 0 Å². The van der Waals surface area contributed by atoms with Crippen LogP contribution < -0.4 is 10.6 Å². The number of aryl methyl sites for hydroxylation is 2. The van der Waals surface area contributed by atoms with Crippen LogP contribution in [0.4, 0.5) is 0 Å². The van der Waals surface area contributed by atoms with Gasteiger partial charge in [0.1, 0.15) is 5.76 Å². The minimum absolute atomic E-state index is 0.259. The molecule has 2 atom stereocenters. The van der Waals surface area contributed by atoms with Crippen LogP contribution in [0.2, 0.25) is 0 Å². The van der Waals surface area contributed by atoms with E-state index in [0.29, 0.717) is 23.9 Å². The van der Waals surface area contributed by atoms with Crippen LogP contribution in [0, 0.1) is 25.7 Å². The second-order valence-corrected chi connectivity index (χ2v) is 8.95. The summed E-state index contributed by atoms with van der Waals surface area (Å²) in [5.74, 6) is 3.19. The van der Waals surface area contributed by atoms with Crippen LogP contribution in [0.1, 0.15) is 62.3 Å². The molecule has 3 aliphatic heterocycles. The van der Waals surface area contributed by atoms with Crippen molar-refractivity contribution in [2.24, 2.45) is 11.8 Å². The quantitative estimate of drug-likeness (QED) is 0.801. The van der Waals surface area contributed by atoms with Gasteiger partial charge < -0.3 is 15.1 Å². The molecule has 0 aromatic carbocycles. The number of oxazole rings is 1. The van der Waals surface area contributed by atoms with Crippen LogP contribution in [0.15, 0.2) is 4.42 Å². The Hall–Kier alpha value is -1.40. The van der Waals surface area contributed by atoms with Gasteiger partial charge in [-0.25, -0.2) is 4.98 Å². The third-order valence-electron chi connectivity index (χ3n) is 6.77. The monoisotopic (exact) mass is 374 g/mol. The lowest BCUT2D eigenvalue weighted by Crippen LogP contribution is -2.41. The van der Waals surface area contributed by atoms with E-state index in [1.165, 1.54) is 25.7 Å². The number of hydrogen-bond acceptors (Lipinski definition) is 5. The second-order valence-electron chi connectivity index (χ2n) is 8.95. The standard InChI is InChI=1S/C21H34N4O2/c1-14-15(2)27-21(23-14)13-25-7-5-16(6-8-25)12-22-20(26)11-17-9-18-3-4-19(10-17)24-18/h16-19,24H,3-13H2,1-2H3,(H,22,26). The van der Waals surface area contributed by atoms with E-state index < -0.39 is 0 Å². The van der Waals surface area contributed by atoms with Crippen molar-refractivity contribution in [1.82, 2.24) is 20.5 Å². The van der Waals surface area contributed by atoms with Gasteiger partial charge in [-0.15, -0.1) is 0 Å². The maximum atomic E-state index is 12.4. The van der Waals surface area contributed by atoms with E-state index in [0.717, 1.165) is 62.8 Å². The van der Waals surface area contributed by atoms with Crippen LogP contribution in [0.5, 0.6) is 0 Å². The first kappa shape index (κ1) is 18.9. The Morgan fingerprint density at radius 2 is 1.85 bits per heavy atom. The maximum Gasteiger partial charge on any atom is 0.220 e. The van der Waals surface area contributed by atoms with Crippen molar-refractivity contribution in [3.05, 3.63) is 17.3 Å². The lowest BCUT2D eigenvalue weighted by atomic mass is 9.89. The Labute approximate surface area is 162 Å². The number of carbonyl (C=O) groups is 1. The summed E-state index contributed by atoms with van der Waals surface area (Å²) in [7, 11) is 0. The van der Waals surface area contributed by atoms with E-state index >= 15 is 0 Å². The minimum Gasteiger partial charge on any atom is -0.444 e. The Balaban J connectivity index is 1.13. The molecule has 0 saturated carbocycles. The summed E-state index contributed by atoms with van der Waals surface area (Å²) in [5, 5.41) is 6.87. The Morgan fingerprint density at radius 3 is 2.48 bits per heavy atom. The van der Waals surface area contributed by atoms with Crippen molar-refractivity contribution in [3.8, 4) is 0 Å². The number of fused-ring (bicyclic) bond motifs is 2. The molecule has 1 aromatic rings. The molecule has 150 valence electrons. The lowest BCUT2D eigenvalue weighted by Gasteiger charge is -2.31. The molecule has 3 aliphatic rings. The van der Waals surface area contributed by atoms with Crippen LogP contribution in [0.3, 0.4) is 0 Å². The van der Waals surface area contributed by atoms with Gasteiger partial charge >= 0.3 is 0 Å². The molecular weight excluding hydrogens is 340 g/mol. The number of nitrogens with zero attached hydrogens (tertiary/aromatic N) is 2. The SMILES string of the molecule is Cc1nc(CN2CCC(CNC(=O)CC3CC4CCC(C3)N4)CC2)oc1C. The molecule has 4 heterocycles. The summed E-state index contributed by atoms with van der Waals surface area (Å²) in [6, 6.07) is 1.34. The normalized spacial score (nSPS) is 29.2. The molecule has 2 bridgehead atoms. The van der Waals surface area contributed by atoms with E-state index in [4.69, 9.17) is 4.42 Å². The molecule has 2 unspecified atom stereocenters. The maximum absolute atomic E-state index is 12.4. The fourth-order valence-corrected chi connectivity index (χ4v) is 5.08. The first-order valence-electron chi connectivity index (χ1n) is 10.7. The van der Waals surface area contributed by atoms with Crippen LogP contribution >= 0.6 is 0 Å². The Bertz CT molecular complexity index is 619. The van der Waals surface area contributed by atoms with Crippen molar-refractivity contribution in [2.75, 3.05) is 19.6 Å². The van der Waals surface area contributed by atoms with Gasteiger partial charge in [0.2, 0.25) is 11.8 Å². The predicted octanol–water partition coefficient (Wildman–Crippen LogP) is 2.54. The molecule has 2 N–H and O–H groups in total. The van der Waals surface area contributed by atoms with E-state index in [2.05, 4.69) is 20.5 Å². The summed E-state index contributed by atoms with van der Waals surface area (Å²) in [5.41, 5.74) is 0.990. The summed E-state index contributed by atoms with van der Waals surface area (Å²) in [4.78, 5) is 19.3. The molecule has 4 rings (SSSR count). The molecule has 1 aromatic heterocycles. The van der Waals surface area contributed by atoms with Crippen molar-refractivity contribution >= 4 is 5.91 Å². The van der Waals surface area contributed by atoms with Crippen LogP contribution in [-0.4, -0.2) is 47.5 Å². The van der Waals surface area contributed by atoms with Gasteiger partial charge in [-0.2, -0.15) is 0 Å². The highest BCUT2D eigenvalue weighted by Crippen LogP contribution is 2.32. The van der Waals surface area contributed by atoms with Gasteiger partial charge in [-0.05, 0) is 77.3 Å². The Morgan fingerprint density at radius 1 is 1.15 bits per heavy atom. The first-order chi connectivity index (χ1) is 13.0. The number of aromatic nitrogens is 1. The van der Waals surface area contributed by atoms with Crippen LogP contribution in [-0.2, 0) is 11.3 Å². The minimum atomic E-state index is 0.259. The fraction of sp³-hybridized carbons (Fsp3) is 0.810. The van der Waals surface area contributed by atoms with Crippen molar-refractivity contribution in [3.63, 3.8) is 0 Å². The van der Waals surface area contributed by atoms with E-state index in [1.54, 1.807) is 0 Å². The van der Waals surface area contributed by atoms with Crippen LogP contribution in [0.25, 0.3) is 0 Å². The molecule has 6 nitrogen and oxygen atoms in total. The van der Waals surface area contributed by atoms with Crippen molar-refractivity contribution < 1.29 is 9.21 Å². The summed E-state index contributed by atoms with van der Waals surface area (Å²) in [6.45, 7) is 7.70. The number of nitrogens with one attached hydrogen (secondary N) is 2. The van der Waals surface area contributed by atoms with Crippen molar-refractivity contribution in [1.29, 1.82) is 0 Å². The molecule has 6 heteroatoms. The third kappa shape index (κ3) is 4.91. The van der Waals surface area contributed by atoms with Gasteiger partial charge in [0.25, 0.3) is 0 Å². The fourth-order valence-electron chi connectivity index (χ4n) is 5.08. The summed E-state index contributed by atoms with van der Waals surface area (Å²) < 4.78 is 5.70. The summed E-state index contributed by atoms with van der Waals surface area (Å²) >= 11 is 0. The predicted molar refractivity (Wildman–Crippen MR) is 104 cm³/mol. The highest BCUT2D eigenvalue weighted by molar-refractivity contribution is 5.76. The first-order valence-corrected chi connectivity index (χ1v) is 10.7. The topological polar surface area (TPSA) is 70.4 Å². The van der Waals surface area contributed by atoms with E-state index in [9.17, 15) is 4.79 Å². The number of carbonyl (C=O) groups excluding carboxylic acids is 1. The molecule has 0 radical (unpaired) electrons. The van der Waals surface area contributed by atoms with Gasteiger partial charge in [0.15, 0.2) is 0 Å². The summed E-state index contributed by atoms with van der Waals surface area (Å²) in [6.07, 6.45) is 7.95. The highest BCUT2D eigenvalue weighted by Gasteiger charge is 2.34. The lowest BCUT2D eigenvalue weighted by molar-refractivity contribution is -0.122. The average molecular weight is 375 g/mol. The average Bonchev–Trinajstić information content (AvgIpc) is 3.15. The third-order valence-corrected chi connectivity index (χ3v) is 6.77. The molecule has 27 heavy (non-hydrogen) atoms. The zero-order valence-corrected chi connectivity index (χ0v) is 16.8. The number of hydrogen-bond donors (Lipinski definition) is 2. The van der Waals surface area contributed by atoms with E-state index in [-0.39, 0.29) is 5.91 Å². The smallest absolute Gasteiger partial charge is 0.220 e. The molecule has 3 saturated heterocycles. The van der Waals surface area contributed by atoms with E-state index in [1.807, 2.05) is 13.8 Å². The number of likely N-dealkylation sites (tertiary alicyclic amines) is 1. The Kier molecular flexibility index (Phi) is 5.83. The highest BCUT2D eigenvalue weighted by atomic mass is 16.4. The molecule has 0 spiro atoms. The molecule has 1 amide bonds. The van der Waals surface area contributed by atoms with Crippen molar-refractivity contribution in [2.45, 2.75) is 77.4 Å². The molecular formula is C21H34N4O2. The van der Waals surface area contributed by atoms with Gasteiger partial charge in [0.05, 0.1) is 12.2 Å². The van der Waals surface area contributed by atoms with Gasteiger partial charge in [-0.3, -0.25) is 9.69 Å². The zero-order chi connectivity index (χ0) is 18.8.